The van der Waals surface area contributed by atoms with E-state index in [1.165, 1.54) is 0 Å². The normalized spacial score (nSPS) is 21.4. The Bertz CT molecular complexity index is 606. The number of hydrogen-bond acceptors (Lipinski definition) is 5. The van der Waals surface area contributed by atoms with Crippen molar-refractivity contribution in [3.63, 3.8) is 0 Å². The van der Waals surface area contributed by atoms with E-state index in [4.69, 9.17) is 14.0 Å². The number of esters is 1. The van der Waals surface area contributed by atoms with Gasteiger partial charge in [-0.25, -0.2) is 4.98 Å². The smallest absolute Gasteiger partial charge is 0.459 e. The zero-order chi connectivity index (χ0) is 18.2. The molecular formula is C17H25BBrNO4. The number of pyridine rings is 1. The fourth-order valence-corrected chi connectivity index (χ4v) is 3.02. The molecule has 0 amide bonds. The molecule has 0 bridgehead atoms. The molecule has 2 rings (SSSR count). The highest BCUT2D eigenvalue weighted by atomic mass is 79.9. The third-order valence-electron chi connectivity index (χ3n) is 4.88. The van der Waals surface area contributed by atoms with E-state index >= 15 is 0 Å². The van der Waals surface area contributed by atoms with Gasteiger partial charge in [0.25, 0.3) is 0 Å². The maximum absolute atomic E-state index is 12.7. The van der Waals surface area contributed by atoms with E-state index in [-0.39, 0.29) is 5.97 Å². The Kier molecular flexibility index (Phi) is 5.47. The fraction of sp³-hybridized carbons (Fsp3) is 0.647. The molecule has 0 radical (unpaired) electrons. The second kappa shape index (κ2) is 6.77. The lowest BCUT2D eigenvalue weighted by Gasteiger charge is -2.32. The number of carbonyl (C=O) groups is 1. The summed E-state index contributed by atoms with van der Waals surface area (Å²) in [7, 11) is -0.509. The van der Waals surface area contributed by atoms with Crippen molar-refractivity contribution >= 4 is 29.0 Å². The Hall–Kier alpha value is -0.915. The first-order valence-corrected chi connectivity index (χ1v) is 8.97. The van der Waals surface area contributed by atoms with Gasteiger partial charge in [0, 0.05) is 6.32 Å². The Balaban J connectivity index is 2.33. The topological polar surface area (TPSA) is 57.7 Å². The number of hydrogen-bond donors (Lipinski definition) is 0. The molecule has 0 saturated carbocycles. The molecule has 7 heteroatoms. The largest absolute Gasteiger partial charge is 0.465 e. The lowest BCUT2D eigenvalue weighted by molar-refractivity contribution is -0.149. The molecule has 1 atom stereocenters. The molecule has 24 heavy (non-hydrogen) atoms. The lowest BCUT2D eigenvalue weighted by Crippen LogP contribution is -2.41. The van der Waals surface area contributed by atoms with Crippen LogP contribution >= 0.6 is 15.9 Å². The number of halogens is 1. The summed E-state index contributed by atoms with van der Waals surface area (Å²) in [4.78, 5) is 17.2. The predicted molar refractivity (Wildman–Crippen MR) is 96.8 cm³/mol. The number of aromatic nitrogens is 1. The maximum Gasteiger partial charge on any atom is 0.459 e. The van der Waals surface area contributed by atoms with Crippen molar-refractivity contribution in [2.24, 2.45) is 0 Å². The van der Waals surface area contributed by atoms with Crippen LogP contribution in [-0.4, -0.2) is 35.9 Å². The zero-order valence-corrected chi connectivity index (χ0v) is 16.8. The van der Waals surface area contributed by atoms with Crippen molar-refractivity contribution in [1.82, 2.24) is 4.98 Å². The first-order chi connectivity index (χ1) is 11.0. The lowest BCUT2D eigenvalue weighted by atomic mass is 9.67. The van der Waals surface area contributed by atoms with Gasteiger partial charge < -0.3 is 14.0 Å². The number of nitrogens with zero attached hydrogens (tertiary/aromatic N) is 1. The summed E-state index contributed by atoms with van der Waals surface area (Å²) in [6, 6.07) is 5.50. The molecule has 1 aliphatic heterocycles. The van der Waals surface area contributed by atoms with Gasteiger partial charge in [0.05, 0.1) is 23.5 Å². The summed E-state index contributed by atoms with van der Waals surface area (Å²) < 4.78 is 18.1. The van der Waals surface area contributed by atoms with E-state index < -0.39 is 23.7 Å². The summed E-state index contributed by atoms with van der Waals surface area (Å²) in [5.74, 6) is -0.328. The molecular weight excluding hydrogens is 373 g/mol. The van der Waals surface area contributed by atoms with Gasteiger partial charge in [-0.05, 0) is 69.6 Å². The zero-order valence-electron chi connectivity index (χ0n) is 15.2. The monoisotopic (exact) mass is 397 g/mol. The molecule has 1 aromatic heterocycles. The Morgan fingerprint density at radius 2 is 1.88 bits per heavy atom. The minimum Gasteiger partial charge on any atom is -0.465 e. The van der Waals surface area contributed by atoms with Gasteiger partial charge in [-0.3, -0.25) is 4.79 Å². The molecule has 2 heterocycles. The van der Waals surface area contributed by atoms with Crippen LogP contribution in [0.2, 0.25) is 6.32 Å². The Morgan fingerprint density at radius 1 is 1.29 bits per heavy atom. The van der Waals surface area contributed by atoms with Crippen molar-refractivity contribution in [3.05, 3.63) is 28.5 Å². The minimum atomic E-state index is -0.957. The van der Waals surface area contributed by atoms with E-state index in [1.54, 1.807) is 6.92 Å². The standard InChI is InChI=1S/C17H25BBrNO4/c1-7-22-14(21)17(6,12-9-8-10-13(19)20-12)11-18-23-15(2,3)16(4,5)24-18/h8-10H,7,11H2,1-6H3. The summed E-state index contributed by atoms with van der Waals surface area (Å²) in [6.07, 6.45) is 0.335. The van der Waals surface area contributed by atoms with Crippen molar-refractivity contribution in [2.75, 3.05) is 6.61 Å². The fourth-order valence-electron chi connectivity index (χ4n) is 2.68. The van der Waals surface area contributed by atoms with E-state index in [0.717, 1.165) is 0 Å². The number of carbonyl (C=O) groups excluding carboxylic acids is 1. The van der Waals surface area contributed by atoms with Crippen molar-refractivity contribution in [2.45, 2.75) is 64.5 Å². The Morgan fingerprint density at radius 3 is 2.38 bits per heavy atom. The van der Waals surface area contributed by atoms with Crippen LogP contribution < -0.4 is 0 Å². The highest BCUT2D eigenvalue weighted by Crippen LogP contribution is 2.41. The van der Waals surface area contributed by atoms with Gasteiger partial charge in [-0.1, -0.05) is 6.07 Å². The summed E-state index contributed by atoms with van der Waals surface area (Å²) >= 11 is 3.37. The van der Waals surface area contributed by atoms with E-state index in [1.807, 2.05) is 52.8 Å². The summed E-state index contributed by atoms with van der Waals surface area (Å²) in [5, 5.41) is 0. The van der Waals surface area contributed by atoms with Crippen LogP contribution in [0.1, 0.15) is 47.2 Å². The maximum atomic E-state index is 12.7. The van der Waals surface area contributed by atoms with E-state index in [2.05, 4.69) is 20.9 Å². The van der Waals surface area contributed by atoms with Gasteiger partial charge >= 0.3 is 13.1 Å². The summed E-state index contributed by atoms with van der Waals surface area (Å²) in [6.45, 7) is 11.9. The predicted octanol–water partition coefficient (Wildman–Crippen LogP) is 3.76. The highest BCUT2D eigenvalue weighted by molar-refractivity contribution is 9.10. The van der Waals surface area contributed by atoms with Crippen LogP contribution in [-0.2, 0) is 24.3 Å². The average Bonchev–Trinajstić information content (AvgIpc) is 2.66. The SMILES string of the molecule is CCOC(=O)C(C)(CB1OC(C)(C)C(C)(C)O1)c1cccc(Br)n1. The average molecular weight is 398 g/mol. The molecule has 1 aromatic rings. The molecule has 0 spiro atoms. The van der Waals surface area contributed by atoms with Gasteiger partial charge in [-0.2, -0.15) is 0 Å². The molecule has 5 nitrogen and oxygen atoms in total. The van der Waals surface area contributed by atoms with Gasteiger partial charge in [0.2, 0.25) is 0 Å². The van der Waals surface area contributed by atoms with Crippen LogP contribution in [0, 0.1) is 0 Å². The first-order valence-electron chi connectivity index (χ1n) is 8.18. The van der Waals surface area contributed by atoms with E-state index in [9.17, 15) is 4.79 Å². The van der Waals surface area contributed by atoms with Crippen LogP contribution in [0.15, 0.2) is 22.8 Å². The second-order valence-electron chi connectivity index (χ2n) is 7.29. The third-order valence-corrected chi connectivity index (χ3v) is 5.33. The van der Waals surface area contributed by atoms with Crippen LogP contribution in [0.25, 0.3) is 0 Å². The molecule has 1 fully saturated rings. The number of rotatable bonds is 5. The van der Waals surface area contributed by atoms with Crippen molar-refractivity contribution in [3.8, 4) is 0 Å². The van der Waals surface area contributed by atoms with E-state index in [0.29, 0.717) is 23.2 Å². The first kappa shape index (κ1) is 19.4. The van der Waals surface area contributed by atoms with Crippen LogP contribution in [0.4, 0.5) is 0 Å². The summed E-state index contributed by atoms with van der Waals surface area (Å²) in [5.41, 5.74) is -1.22. The van der Waals surface area contributed by atoms with Crippen molar-refractivity contribution in [1.29, 1.82) is 0 Å². The molecule has 0 aromatic carbocycles. The van der Waals surface area contributed by atoms with Gasteiger partial charge in [-0.15, -0.1) is 0 Å². The molecule has 1 unspecified atom stereocenters. The minimum absolute atomic E-state index is 0.311. The van der Waals surface area contributed by atoms with Crippen molar-refractivity contribution < 1.29 is 18.8 Å². The Labute approximate surface area is 152 Å². The molecule has 1 saturated heterocycles. The second-order valence-corrected chi connectivity index (χ2v) is 8.10. The van der Waals surface area contributed by atoms with Crippen LogP contribution in [0.5, 0.6) is 0 Å². The van der Waals surface area contributed by atoms with Crippen LogP contribution in [0.3, 0.4) is 0 Å². The number of ether oxygens (including phenoxy) is 1. The van der Waals surface area contributed by atoms with Gasteiger partial charge in [0.1, 0.15) is 10.0 Å². The highest BCUT2D eigenvalue weighted by Gasteiger charge is 2.54. The molecule has 0 N–H and O–H groups in total. The molecule has 132 valence electrons. The molecule has 0 aliphatic carbocycles. The van der Waals surface area contributed by atoms with Gasteiger partial charge in [0.15, 0.2) is 0 Å². The quantitative estimate of drug-likeness (QED) is 0.430. The third kappa shape index (κ3) is 3.68. The molecule has 1 aliphatic rings.